The highest BCUT2D eigenvalue weighted by molar-refractivity contribution is 5.70. The highest BCUT2D eigenvalue weighted by atomic mass is 15.2. The van der Waals surface area contributed by atoms with E-state index in [1.807, 2.05) is 73.0 Å². The molecule has 0 aliphatic carbocycles. The smallest absolute Gasteiger partial charge is 0.213 e. The van der Waals surface area contributed by atoms with Crippen molar-refractivity contribution < 1.29 is 8.68 Å². The molecule has 1 aliphatic heterocycles. The van der Waals surface area contributed by atoms with Crippen molar-refractivity contribution in [1.82, 2.24) is 4.57 Å². The number of rotatable bonds is 2. The fourth-order valence-corrected chi connectivity index (χ4v) is 4.77. The van der Waals surface area contributed by atoms with Gasteiger partial charge in [-0.25, -0.2) is 4.57 Å². The van der Waals surface area contributed by atoms with Crippen LogP contribution in [-0.4, -0.2) is 4.57 Å². The molecule has 0 spiro atoms. The predicted molar refractivity (Wildman–Crippen MR) is 114 cm³/mol. The first kappa shape index (κ1) is 14.0. The Morgan fingerprint density at radius 1 is 0.857 bits per heavy atom. The number of aromatic nitrogens is 2. The normalized spacial score (nSPS) is 19.5. The molecular formula is C26H25N2+. The van der Waals surface area contributed by atoms with Crippen LogP contribution in [0, 0.1) is 20.7 Å². The monoisotopic (exact) mass is 368 g/mol. The lowest BCUT2D eigenvalue weighted by Crippen LogP contribution is -2.54. The molecule has 1 aromatic heterocycles. The summed E-state index contributed by atoms with van der Waals surface area (Å²) in [6.45, 7) is 3.89. The first-order valence-electron chi connectivity index (χ1n) is 11.2. The van der Waals surface area contributed by atoms with Gasteiger partial charge in [0, 0.05) is 34.6 Å². The van der Waals surface area contributed by atoms with E-state index in [1.165, 1.54) is 0 Å². The van der Waals surface area contributed by atoms with Gasteiger partial charge >= 0.3 is 0 Å². The molecule has 0 radical (unpaired) electrons. The second-order valence-electron chi connectivity index (χ2n) is 7.70. The third kappa shape index (κ3) is 2.06. The average Bonchev–Trinajstić information content (AvgIpc) is 3.21. The SMILES string of the molecule is [2H]C([2H])([2H])c1n(-c2ccccc2C)c(C)c2[n+]1C(C)(c1ccccc1)c1ccccc1-2. The van der Waals surface area contributed by atoms with E-state index in [0.717, 1.165) is 39.3 Å². The molecular weight excluding hydrogens is 340 g/mol. The van der Waals surface area contributed by atoms with Gasteiger partial charge in [0.1, 0.15) is 5.69 Å². The van der Waals surface area contributed by atoms with Gasteiger partial charge in [-0.15, -0.1) is 0 Å². The molecule has 0 saturated heterocycles. The fraction of sp³-hybridized carbons (Fsp3) is 0.192. The van der Waals surface area contributed by atoms with Crippen LogP contribution in [0.4, 0.5) is 0 Å². The maximum absolute atomic E-state index is 8.55. The summed E-state index contributed by atoms with van der Waals surface area (Å²) < 4.78 is 29.7. The van der Waals surface area contributed by atoms with Crippen molar-refractivity contribution >= 4 is 0 Å². The van der Waals surface area contributed by atoms with Crippen LogP contribution in [0.1, 0.15) is 39.2 Å². The van der Waals surface area contributed by atoms with E-state index in [9.17, 15) is 0 Å². The molecule has 0 fully saturated rings. The molecule has 28 heavy (non-hydrogen) atoms. The summed E-state index contributed by atoms with van der Waals surface area (Å²) in [5.41, 5.74) is 6.50. The van der Waals surface area contributed by atoms with E-state index >= 15 is 0 Å². The summed E-state index contributed by atoms with van der Waals surface area (Å²) in [5.74, 6) is 0.330. The molecule has 1 unspecified atom stereocenters. The molecule has 1 aliphatic rings. The van der Waals surface area contributed by atoms with Crippen LogP contribution < -0.4 is 4.57 Å². The van der Waals surface area contributed by atoms with Crippen LogP contribution in [0.5, 0.6) is 0 Å². The zero-order chi connectivity index (χ0) is 22.0. The first-order valence-corrected chi connectivity index (χ1v) is 9.66. The lowest BCUT2D eigenvalue weighted by atomic mass is 9.84. The van der Waals surface area contributed by atoms with Gasteiger partial charge in [0.25, 0.3) is 5.82 Å². The van der Waals surface area contributed by atoms with E-state index in [2.05, 4.69) is 35.8 Å². The molecule has 2 nitrogen and oxygen atoms in total. The third-order valence-corrected chi connectivity index (χ3v) is 6.17. The van der Waals surface area contributed by atoms with Crippen LogP contribution in [0.25, 0.3) is 16.9 Å². The number of para-hydroxylation sites is 1. The summed E-state index contributed by atoms with van der Waals surface area (Å²) in [4.78, 5) is 0. The van der Waals surface area contributed by atoms with E-state index in [4.69, 9.17) is 4.11 Å². The number of benzene rings is 3. The molecule has 0 amide bonds. The minimum absolute atomic E-state index is 0.330. The van der Waals surface area contributed by atoms with Crippen LogP contribution in [0.3, 0.4) is 0 Å². The Bertz CT molecular complexity index is 1300. The van der Waals surface area contributed by atoms with E-state index < -0.39 is 12.4 Å². The number of fused-ring (bicyclic) bond motifs is 3. The van der Waals surface area contributed by atoms with Crippen molar-refractivity contribution in [3.05, 3.63) is 107 Å². The van der Waals surface area contributed by atoms with Gasteiger partial charge in [-0.05, 0) is 25.5 Å². The summed E-state index contributed by atoms with van der Waals surface area (Å²) >= 11 is 0. The van der Waals surface area contributed by atoms with Gasteiger partial charge < -0.3 is 0 Å². The second-order valence-corrected chi connectivity index (χ2v) is 7.70. The summed E-state index contributed by atoms with van der Waals surface area (Å²) in [5, 5.41) is 0. The van der Waals surface area contributed by atoms with Gasteiger partial charge in [0.15, 0.2) is 16.9 Å². The third-order valence-electron chi connectivity index (χ3n) is 6.17. The standard InChI is InChI=1S/C26H25N2/c1-18-12-8-11-17-24(18)27-19(2)25-22-15-9-10-16-23(22)26(4,28(25)20(27)3)21-13-6-5-7-14-21/h5-17H,1-4H3/q+1/i3D3. The lowest BCUT2D eigenvalue weighted by Gasteiger charge is -2.25. The Hall–Kier alpha value is -3.13. The number of hydrogen-bond donors (Lipinski definition) is 0. The predicted octanol–water partition coefficient (Wildman–Crippen LogP) is 5.48. The van der Waals surface area contributed by atoms with Crippen molar-refractivity contribution in [1.29, 1.82) is 0 Å². The van der Waals surface area contributed by atoms with Crippen molar-refractivity contribution in [3.8, 4) is 16.9 Å². The molecule has 0 saturated carbocycles. The molecule has 2 heteroatoms. The van der Waals surface area contributed by atoms with Crippen molar-refractivity contribution in [2.75, 3.05) is 0 Å². The number of aryl methyl sites for hydroxylation is 1. The Morgan fingerprint density at radius 3 is 2.29 bits per heavy atom. The Morgan fingerprint density at radius 2 is 1.54 bits per heavy atom. The minimum Gasteiger partial charge on any atom is -0.213 e. The summed E-state index contributed by atoms with van der Waals surface area (Å²) in [6.07, 6.45) is 0. The van der Waals surface area contributed by atoms with E-state index in [-0.39, 0.29) is 0 Å². The van der Waals surface area contributed by atoms with Crippen molar-refractivity contribution in [2.24, 2.45) is 0 Å². The van der Waals surface area contributed by atoms with Gasteiger partial charge in [0.05, 0.1) is 0 Å². The zero-order valence-corrected chi connectivity index (χ0v) is 16.4. The van der Waals surface area contributed by atoms with Crippen molar-refractivity contribution in [2.45, 2.75) is 33.2 Å². The second kappa shape index (κ2) is 5.93. The van der Waals surface area contributed by atoms with Crippen LogP contribution in [0.15, 0.2) is 78.9 Å². The van der Waals surface area contributed by atoms with Crippen LogP contribution in [0.2, 0.25) is 0 Å². The fourth-order valence-electron chi connectivity index (χ4n) is 4.77. The molecule has 3 aromatic carbocycles. The molecule has 4 aromatic rings. The van der Waals surface area contributed by atoms with Crippen molar-refractivity contribution in [3.63, 3.8) is 0 Å². The van der Waals surface area contributed by atoms with E-state index in [0.29, 0.717) is 5.82 Å². The molecule has 1 atom stereocenters. The maximum Gasteiger partial charge on any atom is 0.260 e. The van der Waals surface area contributed by atoms with Gasteiger partial charge in [0.2, 0.25) is 0 Å². The quantitative estimate of drug-likeness (QED) is 0.414. The zero-order valence-electron chi connectivity index (χ0n) is 19.4. The Labute approximate surface area is 170 Å². The van der Waals surface area contributed by atoms with Crippen LogP contribution in [-0.2, 0) is 5.54 Å². The topological polar surface area (TPSA) is 8.81 Å². The number of imidazole rings is 1. The summed E-state index contributed by atoms with van der Waals surface area (Å²) in [7, 11) is 0. The molecule has 0 bridgehead atoms. The largest absolute Gasteiger partial charge is 0.260 e. The van der Waals surface area contributed by atoms with E-state index in [1.54, 1.807) is 0 Å². The van der Waals surface area contributed by atoms with Gasteiger partial charge in [-0.3, -0.25) is 0 Å². The van der Waals surface area contributed by atoms with Gasteiger partial charge in [-0.2, -0.15) is 4.57 Å². The highest BCUT2D eigenvalue weighted by Crippen LogP contribution is 2.44. The first-order chi connectivity index (χ1) is 14.8. The Kier molecular flexibility index (Phi) is 2.96. The molecule has 0 N–H and O–H groups in total. The average molecular weight is 369 g/mol. The van der Waals surface area contributed by atoms with Crippen LogP contribution >= 0.6 is 0 Å². The number of nitrogens with zero attached hydrogens (tertiary/aromatic N) is 2. The minimum atomic E-state index is -2.30. The number of hydrogen-bond acceptors (Lipinski definition) is 0. The highest BCUT2D eigenvalue weighted by Gasteiger charge is 2.49. The van der Waals surface area contributed by atoms with Gasteiger partial charge in [-0.1, -0.05) is 72.8 Å². The molecule has 2 heterocycles. The summed E-state index contributed by atoms with van der Waals surface area (Å²) in [6, 6.07) is 26.5. The molecule has 5 rings (SSSR count). The molecule has 138 valence electrons. The Balaban J connectivity index is 1.98. The maximum atomic E-state index is 8.55. The lowest BCUT2D eigenvalue weighted by molar-refractivity contribution is -0.730.